The minimum Gasteiger partial charge on any atom is -0.461 e. The standard InChI is InChI=1S/C16H13N3O5/c1-2-23-16(20)14-7-10-3-5-12(8-13(10)18-14)24-15-6-4-11(9-17-15)19(21)22/h3-9,18H,2H2,1H3. The summed E-state index contributed by atoms with van der Waals surface area (Å²) in [5.41, 5.74) is 0.955. The summed E-state index contributed by atoms with van der Waals surface area (Å²) in [5, 5.41) is 11.4. The van der Waals surface area contributed by atoms with Gasteiger partial charge in [-0.15, -0.1) is 0 Å². The quantitative estimate of drug-likeness (QED) is 0.437. The lowest BCUT2D eigenvalue weighted by Crippen LogP contribution is -2.04. The predicted molar refractivity (Wildman–Crippen MR) is 85.2 cm³/mol. The SMILES string of the molecule is CCOC(=O)c1cc2ccc(Oc3ccc([N+](=O)[O-])cn3)cc2[nH]1. The molecule has 0 fully saturated rings. The zero-order valence-electron chi connectivity index (χ0n) is 12.7. The van der Waals surface area contributed by atoms with E-state index >= 15 is 0 Å². The van der Waals surface area contributed by atoms with Crippen LogP contribution >= 0.6 is 0 Å². The molecule has 0 aliphatic heterocycles. The summed E-state index contributed by atoms with van der Waals surface area (Å²) in [6.07, 6.45) is 1.13. The maximum atomic E-state index is 11.7. The zero-order chi connectivity index (χ0) is 17.1. The highest BCUT2D eigenvalue weighted by Gasteiger charge is 2.11. The van der Waals surface area contributed by atoms with Gasteiger partial charge in [0.1, 0.15) is 17.6 Å². The fraction of sp³-hybridized carbons (Fsp3) is 0.125. The summed E-state index contributed by atoms with van der Waals surface area (Å²) in [7, 11) is 0. The molecule has 0 atom stereocenters. The van der Waals surface area contributed by atoms with E-state index in [0.717, 1.165) is 11.6 Å². The Hall–Kier alpha value is -3.42. The Balaban J connectivity index is 1.82. The third kappa shape index (κ3) is 3.17. The van der Waals surface area contributed by atoms with Gasteiger partial charge in [-0.2, -0.15) is 0 Å². The second-order valence-electron chi connectivity index (χ2n) is 4.87. The van der Waals surface area contributed by atoms with Gasteiger partial charge in [0.25, 0.3) is 5.69 Å². The summed E-state index contributed by atoms with van der Waals surface area (Å²) in [6, 6.07) is 9.64. The van der Waals surface area contributed by atoms with Gasteiger partial charge in [0.15, 0.2) is 0 Å². The molecule has 0 bridgehead atoms. The number of aromatic nitrogens is 2. The van der Waals surface area contributed by atoms with E-state index in [9.17, 15) is 14.9 Å². The highest BCUT2D eigenvalue weighted by Crippen LogP contribution is 2.26. The largest absolute Gasteiger partial charge is 0.461 e. The Bertz CT molecular complexity index is 902. The molecule has 0 unspecified atom stereocenters. The summed E-state index contributed by atoms with van der Waals surface area (Å²) in [4.78, 5) is 28.7. The van der Waals surface area contributed by atoms with E-state index in [0.29, 0.717) is 23.6 Å². The number of pyridine rings is 1. The number of aromatic amines is 1. The number of fused-ring (bicyclic) bond motifs is 1. The Kier molecular flexibility index (Phi) is 4.11. The minimum atomic E-state index is -0.529. The van der Waals surface area contributed by atoms with Crippen LogP contribution in [0.4, 0.5) is 5.69 Å². The number of nitrogens with one attached hydrogen (secondary N) is 1. The van der Waals surface area contributed by atoms with Gasteiger partial charge in [-0.25, -0.2) is 9.78 Å². The maximum Gasteiger partial charge on any atom is 0.354 e. The van der Waals surface area contributed by atoms with Crippen LogP contribution < -0.4 is 4.74 Å². The number of nitro groups is 1. The normalized spacial score (nSPS) is 10.5. The average molecular weight is 327 g/mol. The van der Waals surface area contributed by atoms with Gasteiger partial charge < -0.3 is 14.5 Å². The second kappa shape index (κ2) is 6.37. The topological polar surface area (TPSA) is 107 Å². The maximum absolute atomic E-state index is 11.7. The van der Waals surface area contributed by atoms with Crippen molar-refractivity contribution in [1.82, 2.24) is 9.97 Å². The van der Waals surface area contributed by atoms with E-state index in [1.807, 2.05) is 0 Å². The number of carbonyl (C=O) groups excluding carboxylic acids is 1. The van der Waals surface area contributed by atoms with Gasteiger partial charge in [-0.3, -0.25) is 10.1 Å². The second-order valence-corrected chi connectivity index (χ2v) is 4.87. The predicted octanol–water partition coefficient (Wildman–Crippen LogP) is 3.44. The molecular formula is C16H13N3O5. The smallest absolute Gasteiger partial charge is 0.354 e. The number of ether oxygens (including phenoxy) is 2. The van der Waals surface area contributed by atoms with Crippen molar-refractivity contribution in [3.05, 3.63) is 58.4 Å². The van der Waals surface area contributed by atoms with Crippen molar-refractivity contribution in [2.45, 2.75) is 6.92 Å². The molecule has 8 nitrogen and oxygen atoms in total. The van der Waals surface area contributed by atoms with Crippen LogP contribution in [0.3, 0.4) is 0 Å². The van der Waals surface area contributed by atoms with Crippen molar-refractivity contribution in [3.8, 4) is 11.6 Å². The molecule has 1 N–H and O–H groups in total. The van der Waals surface area contributed by atoms with Gasteiger partial charge in [-0.1, -0.05) is 0 Å². The van der Waals surface area contributed by atoms with Crippen LogP contribution in [0, 0.1) is 10.1 Å². The molecule has 0 aliphatic carbocycles. The number of benzene rings is 1. The Morgan fingerprint density at radius 1 is 1.29 bits per heavy atom. The fourth-order valence-corrected chi connectivity index (χ4v) is 2.15. The van der Waals surface area contributed by atoms with Crippen LogP contribution in [0.2, 0.25) is 0 Å². The van der Waals surface area contributed by atoms with E-state index in [4.69, 9.17) is 9.47 Å². The molecular weight excluding hydrogens is 314 g/mol. The molecule has 2 aromatic heterocycles. The summed E-state index contributed by atoms with van der Waals surface area (Å²) < 4.78 is 10.5. The summed E-state index contributed by atoms with van der Waals surface area (Å²) in [6.45, 7) is 2.04. The highest BCUT2D eigenvalue weighted by atomic mass is 16.6. The molecule has 24 heavy (non-hydrogen) atoms. The molecule has 0 saturated heterocycles. The third-order valence-corrected chi connectivity index (χ3v) is 3.24. The van der Waals surface area contributed by atoms with Crippen LogP contribution in [-0.4, -0.2) is 27.5 Å². The van der Waals surface area contributed by atoms with Gasteiger partial charge in [0, 0.05) is 29.1 Å². The van der Waals surface area contributed by atoms with Gasteiger partial charge in [0.2, 0.25) is 5.88 Å². The van der Waals surface area contributed by atoms with Crippen molar-refractivity contribution in [3.63, 3.8) is 0 Å². The van der Waals surface area contributed by atoms with Gasteiger partial charge >= 0.3 is 5.97 Å². The van der Waals surface area contributed by atoms with E-state index < -0.39 is 10.9 Å². The molecule has 3 rings (SSSR count). The molecule has 0 radical (unpaired) electrons. The first-order valence-electron chi connectivity index (χ1n) is 7.15. The van der Waals surface area contributed by atoms with Crippen molar-refractivity contribution < 1.29 is 19.2 Å². The van der Waals surface area contributed by atoms with E-state index in [1.165, 1.54) is 12.1 Å². The van der Waals surface area contributed by atoms with Crippen molar-refractivity contribution in [2.75, 3.05) is 6.61 Å². The molecule has 0 saturated carbocycles. The first kappa shape index (κ1) is 15.5. The number of rotatable bonds is 5. The monoisotopic (exact) mass is 327 g/mol. The lowest BCUT2D eigenvalue weighted by Gasteiger charge is -2.04. The van der Waals surface area contributed by atoms with Crippen molar-refractivity contribution in [2.24, 2.45) is 0 Å². The molecule has 2 heterocycles. The van der Waals surface area contributed by atoms with Crippen molar-refractivity contribution in [1.29, 1.82) is 0 Å². The van der Waals surface area contributed by atoms with Gasteiger partial charge in [-0.05, 0) is 25.1 Å². The van der Waals surface area contributed by atoms with Crippen LogP contribution in [0.25, 0.3) is 10.9 Å². The van der Waals surface area contributed by atoms with Crippen LogP contribution in [-0.2, 0) is 4.74 Å². The summed E-state index contributed by atoms with van der Waals surface area (Å²) in [5.74, 6) is 0.298. The number of H-pyrrole nitrogens is 1. The fourth-order valence-electron chi connectivity index (χ4n) is 2.15. The minimum absolute atomic E-state index is 0.110. The number of nitrogens with zero attached hydrogens (tertiary/aromatic N) is 2. The lowest BCUT2D eigenvalue weighted by molar-refractivity contribution is -0.385. The molecule has 8 heteroatoms. The van der Waals surface area contributed by atoms with E-state index in [1.54, 1.807) is 31.2 Å². The highest BCUT2D eigenvalue weighted by molar-refractivity contribution is 5.95. The molecule has 122 valence electrons. The van der Waals surface area contributed by atoms with Crippen LogP contribution in [0.5, 0.6) is 11.6 Å². The zero-order valence-corrected chi connectivity index (χ0v) is 12.7. The first-order chi connectivity index (χ1) is 11.6. The molecule has 0 spiro atoms. The molecule has 0 amide bonds. The number of esters is 1. The van der Waals surface area contributed by atoms with Gasteiger partial charge in [0.05, 0.1) is 11.5 Å². The number of hydrogen-bond donors (Lipinski definition) is 1. The summed E-state index contributed by atoms with van der Waals surface area (Å²) >= 11 is 0. The molecule has 3 aromatic rings. The van der Waals surface area contributed by atoms with Crippen molar-refractivity contribution >= 4 is 22.6 Å². The Labute approximate surface area is 136 Å². The average Bonchev–Trinajstić information content (AvgIpc) is 2.99. The Morgan fingerprint density at radius 2 is 2.12 bits per heavy atom. The van der Waals surface area contributed by atoms with Crippen LogP contribution in [0.15, 0.2) is 42.6 Å². The third-order valence-electron chi connectivity index (χ3n) is 3.24. The number of hydrogen-bond acceptors (Lipinski definition) is 6. The van der Waals surface area contributed by atoms with Crippen LogP contribution in [0.1, 0.15) is 17.4 Å². The molecule has 0 aliphatic rings. The molecule has 1 aromatic carbocycles. The first-order valence-corrected chi connectivity index (χ1v) is 7.15. The van der Waals surface area contributed by atoms with E-state index in [-0.39, 0.29) is 11.6 Å². The lowest BCUT2D eigenvalue weighted by atomic mass is 10.2. The number of carbonyl (C=O) groups is 1. The Morgan fingerprint density at radius 3 is 2.79 bits per heavy atom. The van der Waals surface area contributed by atoms with E-state index in [2.05, 4.69) is 9.97 Å².